The average molecular weight is 319 g/mol. The third-order valence-electron chi connectivity index (χ3n) is 4.03. The molecule has 0 bridgehead atoms. The molecule has 2 aromatic heterocycles. The van der Waals surface area contributed by atoms with E-state index in [4.69, 9.17) is 0 Å². The van der Waals surface area contributed by atoms with Gasteiger partial charge in [-0.25, -0.2) is 18.2 Å². The number of rotatable bonds is 3. The number of fused-ring (bicyclic) bond motifs is 1. The number of hydrogen-bond donors (Lipinski definition) is 1. The quantitative estimate of drug-likeness (QED) is 0.754. The summed E-state index contributed by atoms with van der Waals surface area (Å²) >= 11 is 0. The minimum atomic E-state index is -1.50. The van der Waals surface area contributed by atoms with Crippen molar-refractivity contribution < 1.29 is 18.3 Å². The summed E-state index contributed by atoms with van der Waals surface area (Å²) in [6, 6.07) is 3.54. The molecular weight excluding hydrogens is 307 g/mol. The Balaban J connectivity index is 1.84. The third kappa shape index (κ3) is 2.32. The largest absolute Gasteiger partial charge is 0.493 e. The molecule has 0 saturated heterocycles. The Hall–Kier alpha value is -2.57. The van der Waals surface area contributed by atoms with E-state index >= 15 is 0 Å². The summed E-state index contributed by atoms with van der Waals surface area (Å²) < 4.78 is 41.2. The number of hydrogen-bond acceptors (Lipinski definition) is 3. The summed E-state index contributed by atoms with van der Waals surface area (Å²) in [7, 11) is 0. The van der Waals surface area contributed by atoms with Crippen LogP contribution in [-0.4, -0.2) is 19.7 Å². The first-order chi connectivity index (χ1) is 11.0. The molecule has 1 saturated carbocycles. The number of aromatic nitrogens is 3. The number of halogens is 3. The Morgan fingerprint density at radius 1 is 1.17 bits per heavy atom. The summed E-state index contributed by atoms with van der Waals surface area (Å²) in [5.41, 5.74) is 1.92. The fraction of sp³-hybridized carbons (Fsp3) is 0.250. The molecule has 1 N–H and O–H groups in total. The molecule has 3 aromatic rings. The van der Waals surface area contributed by atoms with Crippen molar-refractivity contribution in [3.63, 3.8) is 0 Å². The maximum absolute atomic E-state index is 13.4. The fourth-order valence-corrected chi connectivity index (χ4v) is 2.76. The maximum Gasteiger partial charge on any atom is 0.219 e. The van der Waals surface area contributed by atoms with Gasteiger partial charge in [-0.15, -0.1) is 0 Å². The molecule has 23 heavy (non-hydrogen) atoms. The second-order valence-electron chi connectivity index (χ2n) is 5.72. The van der Waals surface area contributed by atoms with Gasteiger partial charge in [0.25, 0.3) is 0 Å². The maximum atomic E-state index is 13.4. The van der Waals surface area contributed by atoms with Crippen LogP contribution in [0.25, 0.3) is 5.65 Å². The topological polar surface area (TPSA) is 50.4 Å². The van der Waals surface area contributed by atoms with E-state index in [1.165, 1.54) is 10.7 Å². The van der Waals surface area contributed by atoms with Gasteiger partial charge in [-0.3, -0.25) is 0 Å². The summed E-state index contributed by atoms with van der Waals surface area (Å²) in [6.45, 7) is 0. The van der Waals surface area contributed by atoms with Gasteiger partial charge in [0.15, 0.2) is 23.1 Å². The van der Waals surface area contributed by atoms with Gasteiger partial charge < -0.3 is 5.11 Å². The second-order valence-corrected chi connectivity index (χ2v) is 5.72. The monoisotopic (exact) mass is 319 g/mol. The van der Waals surface area contributed by atoms with Crippen LogP contribution in [0.15, 0.2) is 24.4 Å². The van der Waals surface area contributed by atoms with Gasteiger partial charge in [-0.2, -0.15) is 9.61 Å². The van der Waals surface area contributed by atoms with E-state index in [2.05, 4.69) is 10.1 Å². The summed E-state index contributed by atoms with van der Waals surface area (Å²) in [5, 5.41) is 14.4. The average Bonchev–Trinajstić information content (AvgIpc) is 3.25. The van der Waals surface area contributed by atoms with Gasteiger partial charge in [-0.1, -0.05) is 0 Å². The van der Waals surface area contributed by atoms with Crippen LogP contribution in [0.5, 0.6) is 5.88 Å². The molecule has 0 spiro atoms. The molecule has 0 unspecified atom stereocenters. The highest BCUT2D eigenvalue weighted by atomic mass is 19.2. The van der Waals surface area contributed by atoms with Crippen LogP contribution in [0.3, 0.4) is 0 Å². The Labute approximate surface area is 129 Å². The SMILES string of the molecule is Oc1c(Cc2cc(F)c(F)c(F)c2)c(C2CC2)nc2ccnn12. The van der Waals surface area contributed by atoms with E-state index in [0.29, 0.717) is 16.9 Å². The minimum Gasteiger partial charge on any atom is -0.493 e. The lowest BCUT2D eigenvalue weighted by Gasteiger charge is -2.12. The third-order valence-corrected chi connectivity index (χ3v) is 4.03. The number of nitrogens with zero attached hydrogens (tertiary/aromatic N) is 3. The molecule has 1 aromatic carbocycles. The lowest BCUT2D eigenvalue weighted by molar-refractivity contribution is 0.426. The molecule has 4 rings (SSSR count). The first kappa shape index (κ1) is 14.0. The zero-order valence-corrected chi connectivity index (χ0v) is 11.9. The van der Waals surface area contributed by atoms with Gasteiger partial charge >= 0.3 is 0 Å². The Morgan fingerprint density at radius 2 is 1.87 bits per heavy atom. The van der Waals surface area contributed by atoms with E-state index in [1.54, 1.807) is 6.07 Å². The molecule has 1 aliphatic rings. The van der Waals surface area contributed by atoms with Crippen LogP contribution in [0.1, 0.15) is 35.6 Å². The van der Waals surface area contributed by atoms with Gasteiger partial charge in [0.2, 0.25) is 5.88 Å². The zero-order chi connectivity index (χ0) is 16.1. The molecule has 0 radical (unpaired) electrons. The van der Waals surface area contributed by atoms with Crippen molar-refractivity contribution in [3.05, 3.63) is 58.7 Å². The predicted octanol–water partition coefficient (Wildman–Crippen LogP) is 3.32. The molecular formula is C16H12F3N3O. The first-order valence-electron chi connectivity index (χ1n) is 7.23. The summed E-state index contributed by atoms with van der Waals surface area (Å²) in [4.78, 5) is 4.50. The van der Waals surface area contributed by atoms with Crippen LogP contribution < -0.4 is 0 Å². The van der Waals surface area contributed by atoms with E-state index in [0.717, 1.165) is 25.0 Å². The Morgan fingerprint density at radius 3 is 2.52 bits per heavy atom. The van der Waals surface area contributed by atoms with Crippen LogP contribution in [0.4, 0.5) is 13.2 Å². The standard InChI is InChI=1S/C16H12F3N3O/c17-11-6-8(7-12(18)14(11)19)5-10-15(9-1-2-9)21-13-3-4-20-22(13)16(10)23/h3-4,6-7,9,23H,1-2,5H2. The minimum absolute atomic E-state index is 0.0502. The number of benzene rings is 1. The van der Waals surface area contributed by atoms with Gasteiger partial charge in [-0.05, 0) is 30.5 Å². The van der Waals surface area contributed by atoms with Crippen molar-refractivity contribution in [3.8, 4) is 5.88 Å². The van der Waals surface area contributed by atoms with Crippen molar-refractivity contribution in [1.82, 2.24) is 14.6 Å². The molecule has 7 heteroatoms. The highest BCUT2D eigenvalue weighted by Crippen LogP contribution is 2.43. The molecule has 1 fully saturated rings. The lowest BCUT2D eigenvalue weighted by atomic mass is 10.0. The molecule has 2 heterocycles. The molecule has 0 aliphatic heterocycles. The Bertz CT molecular complexity index is 895. The molecule has 4 nitrogen and oxygen atoms in total. The molecule has 118 valence electrons. The van der Waals surface area contributed by atoms with Crippen molar-refractivity contribution in [2.75, 3.05) is 0 Å². The van der Waals surface area contributed by atoms with E-state index in [-0.39, 0.29) is 23.8 Å². The van der Waals surface area contributed by atoms with Crippen LogP contribution >= 0.6 is 0 Å². The predicted molar refractivity (Wildman–Crippen MR) is 75.7 cm³/mol. The van der Waals surface area contributed by atoms with Crippen molar-refractivity contribution in [1.29, 1.82) is 0 Å². The van der Waals surface area contributed by atoms with Crippen molar-refractivity contribution in [2.24, 2.45) is 0 Å². The summed E-state index contributed by atoms with van der Waals surface area (Å²) in [5.74, 6) is -3.87. The highest BCUT2D eigenvalue weighted by Gasteiger charge is 2.30. The molecule has 0 atom stereocenters. The molecule has 0 amide bonds. The van der Waals surface area contributed by atoms with E-state index in [9.17, 15) is 18.3 Å². The van der Waals surface area contributed by atoms with Crippen LogP contribution in [0, 0.1) is 17.5 Å². The zero-order valence-electron chi connectivity index (χ0n) is 11.9. The van der Waals surface area contributed by atoms with E-state index in [1.807, 2.05) is 0 Å². The van der Waals surface area contributed by atoms with Gasteiger partial charge in [0, 0.05) is 24.0 Å². The van der Waals surface area contributed by atoms with Gasteiger partial charge in [0.1, 0.15) is 0 Å². The fourth-order valence-electron chi connectivity index (χ4n) is 2.76. The van der Waals surface area contributed by atoms with Crippen LogP contribution in [0.2, 0.25) is 0 Å². The second kappa shape index (κ2) is 4.97. The van der Waals surface area contributed by atoms with Crippen molar-refractivity contribution in [2.45, 2.75) is 25.2 Å². The van der Waals surface area contributed by atoms with Gasteiger partial charge in [0.05, 0.1) is 11.9 Å². The van der Waals surface area contributed by atoms with E-state index < -0.39 is 17.5 Å². The number of aromatic hydroxyl groups is 1. The normalized spacial score (nSPS) is 14.6. The van der Waals surface area contributed by atoms with Crippen molar-refractivity contribution >= 4 is 5.65 Å². The Kier molecular flexibility index (Phi) is 3.04. The molecule has 1 aliphatic carbocycles. The summed E-state index contributed by atoms with van der Waals surface area (Å²) in [6.07, 6.45) is 3.47. The first-order valence-corrected chi connectivity index (χ1v) is 7.23. The lowest BCUT2D eigenvalue weighted by Crippen LogP contribution is -2.05. The smallest absolute Gasteiger partial charge is 0.219 e. The highest BCUT2D eigenvalue weighted by molar-refractivity contribution is 5.48. The van der Waals surface area contributed by atoms with Crippen LogP contribution in [-0.2, 0) is 6.42 Å².